The lowest BCUT2D eigenvalue weighted by Gasteiger charge is -2.09. The SMILES string of the molecule is Cc1cc(C)c(-c2noc(CN(C)C)c2I)c(C)c1. The molecular formula is C15H19IN2O. The molecule has 0 aliphatic carbocycles. The van der Waals surface area contributed by atoms with Crippen LogP contribution >= 0.6 is 22.6 Å². The second-order valence-corrected chi connectivity index (χ2v) is 6.36. The largest absolute Gasteiger partial charge is 0.358 e. The Labute approximate surface area is 128 Å². The normalized spacial score (nSPS) is 11.3. The lowest BCUT2D eigenvalue weighted by atomic mass is 9.97. The monoisotopic (exact) mass is 370 g/mol. The molecule has 1 heterocycles. The summed E-state index contributed by atoms with van der Waals surface area (Å²) in [6.45, 7) is 7.15. The fourth-order valence-corrected chi connectivity index (χ4v) is 3.04. The van der Waals surface area contributed by atoms with Gasteiger partial charge in [-0.2, -0.15) is 0 Å². The molecule has 0 aliphatic rings. The number of hydrogen-bond donors (Lipinski definition) is 0. The highest BCUT2D eigenvalue weighted by molar-refractivity contribution is 14.1. The van der Waals surface area contributed by atoms with Crippen molar-refractivity contribution in [1.29, 1.82) is 0 Å². The summed E-state index contributed by atoms with van der Waals surface area (Å²) in [6.07, 6.45) is 0. The predicted octanol–water partition coefficient (Wildman–Crippen LogP) is 3.93. The Hall–Kier alpha value is -0.880. The molecule has 2 aromatic rings. The summed E-state index contributed by atoms with van der Waals surface area (Å²) in [5, 5.41) is 4.28. The van der Waals surface area contributed by atoms with Crippen molar-refractivity contribution < 1.29 is 4.52 Å². The van der Waals surface area contributed by atoms with Crippen LogP contribution in [0.25, 0.3) is 11.3 Å². The topological polar surface area (TPSA) is 29.3 Å². The smallest absolute Gasteiger partial charge is 0.164 e. The van der Waals surface area contributed by atoms with Crippen molar-refractivity contribution >= 4 is 22.6 Å². The summed E-state index contributed by atoms with van der Waals surface area (Å²) in [6, 6.07) is 4.39. The van der Waals surface area contributed by atoms with E-state index < -0.39 is 0 Å². The van der Waals surface area contributed by atoms with Gasteiger partial charge >= 0.3 is 0 Å². The van der Waals surface area contributed by atoms with Crippen LogP contribution in [0.3, 0.4) is 0 Å². The molecule has 19 heavy (non-hydrogen) atoms. The highest BCUT2D eigenvalue weighted by Gasteiger charge is 2.18. The first kappa shape index (κ1) is 14.5. The van der Waals surface area contributed by atoms with Crippen LogP contribution in [0.5, 0.6) is 0 Å². The minimum absolute atomic E-state index is 0.773. The second kappa shape index (κ2) is 5.63. The van der Waals surface area contributed by atoms with Gasteiger partial charge in [0.2, 0.25) is 0 Å². The van der Waals surface area contributed by atoms with E-state index in [4.69, 9.17) is 4.52 Å². The Morgan fingerprint density at radius 2 is 1.74 bits per heavy atom. The summed E-state index contributed by atoms with van der Waals surface area (Å²) >= 11 is 2.33. The number of hydrogen-bond acceptors (Lipinski definition) is 3. The van der Waals surface area contributed by atoms with Gasteiger partial charge in [0.25, 0.3) is 0 Å². The van der Waals surface area contributed by atoms with Gasteiger partial charge in [-0.05, 0) is 68.6 Å². The molecule has 0 radical (unpaired) electrons. The minimum Gasteiger partial charge on any atom is -0.358 e. The van der Waals surface area contributed by atoms with Gasteiger partial charge in [-0.3, -0.25) is 0 Å². The Morgan fingerprint density at radius 1 is 1.16 bits per heavy atom. The molecule has 0 unspecified atom stereocenters. The van der Waals surface area contributed by atoms with Gasteiger partial charge < -0.3 is 9.42 Å². The molecule has 4 heteroatoms. The van der Waals surface area contributed by atoms with E-state index in [-0.39, 0.29) is 0 Å². The molecule has 1 aromatic carbocycles. The minimum atomic E-state index is 0.773. The van der Waals surface area contributed by atoms with Crippen LogP contribution < -0.4 is 0 Å². The van der Waals surface area contributed by atoms with Gasteiger partial charge in [-0.15, -0.1) is 0 Å². The first-order valence-corrected chi connectivity index (χ1v) is 7.35. The molecule has 0 fully saturated rings. The van der Waals surface area contributed by atoms with Crippen LogP contribution in [0.15, 0.2) is 16.7 Å². The Bertz CT molecular complexity index is 579. The molecule has 0 N–H and O–H groups in total. The Kier molecular flexibility index (Phi) is 4.30. The van der Waals surface area contributed by atoms with Gasteiger partial charge in [0.1, 0.15) is 5.69 Å². The molecule has 2 rings (SSSR count). The molecule has 1 aromatic heterocycles. The molecule has 0 atom stereocenters. The van der Waals surface area contributed by atoms with Crippen LogP contribution in [-0.2, 0) is 6.54 Å². The number of aryl methyl sites for hydroxylation is 3. The summed E-state index contributed by atoms with van der Waals surface area (Å²) < 4.78 is 6.61. The average Bonchev–Trinajstić information content (AvgIpc) is 2.60. The van der Waals surface area contributed by atoms with E-state index in [0.29, 0.717) is 0 Å². The van der Waals surface area contributed by atoms with E-state index in [0.717, 1.165) is 21.6 Å². The fourth-order valence-electron chi connectivity index (χ4n) is 2.41. The summed E-state index contributed by atoms with van der Waals surface area (Å²) in [7, 11) is 4.06. The third-order valence-electron chi connectivity index (χ3n) is 3.07. The summed E-state index contributed by atoms with van der Waals surface area (Å²) in [5.74, 6) is 0.931. The van der Waals surface area contributed by atoms with Crippen LogP contribution in [0.1, 0.15) is 22.5 Å². The van der Waals surface area contributed by atoms with Crippen molar-refractivity contribution in [3.8, 4) is 11.3 Å². The van der Waals surface area contributed by atoms with Crippen LogP contribution in [0, 0.1) is 24.3 Å². The number of nitrogens with zero attached hydrogens (tertiary/aromatic N) is 2. The maximum Gasteiger partial charge on any atom is 0.164 e. The maximum absolute atomic E-state index is 5.50. The Balaban J connectivity index is 2.51. The third kappa shape index (κ3) is 3.00. The van der Waals surface area contributed by atoms with Gasteiger partial charge in [-0.25, -0.2) is 0 Å². The van der Waals surface area contributed by atoms with E-state index in [9.17, 15) is 0 Å². The van der Waals surface area contributed by atoms with Gasteiger partial charge in [0.15, 0.2) is 5.76 Å². The third-order valence-corrected chi connectivity index (χ3v) is 4.19. The first-order valence-electron chi connectivity index (χ1n) is 6.27. The summed E-state index contributed by atoms with van der Waals surface area (Å²) in [4.78, 5) is 2.08. The van der Waals surface area contributed by atoms with Crippen molar-refractivity contribution in [2.24, 2.45) is 0 Å². The lowest BCUT2D eigenvalue weighted by Crippen LogP contribution is -2.10. The van der Waals surface area contributed by atoms with Crippen LogP contribution in [-0.4, -0.2) is 24.2 Å². The number of benzene rings is 1. The molecule has 0 saturated heterocycles. The van der Waals surface area contributed by atoms with E-state index in [2.05, 4.69) is 65.6 Å². The highest BCUT2D eigenvalue weighted by atomic mass is 127. The molecule has 3 nitrogen and oxygen atoms in total. The van der Waals surface area contributed by atoms with E-state index in [1.54, 1.807) is 0 Å². The van der Waals surface area contributed by atoms with E-state index >= 15 is 0 Å². The van der Waals surface area contributed by atoms with E-state index in [1.807, 2.05) is 14.1 Å². The highest BCUT2D eigenvalue weighted by Crippen LogP contribution is 2.32. The molecule has 0 saturated carbocycles. The van der Waals surface area contributed by atoms with Crippen LogP contribution in [0.2, 0.25) is 0 Å². The first-order chi connectivity index (χ1) is 8.90. The second-order valence-electron chi connectivity index (χ2n) is 5.28. The van der Waals surface area contributed by atoms with Gasteiger partial charge in [-0.1, -0.05) is 22.9 Å². The standard InChI is InChI=1S/C15H19IN2O/c1-9-6-10(2)13(11(3)7-9)15-14(16)12(19-17-15)8-18(4)5/h6-7H,8H2,1-5H3. The zero-order chi connectivity index (χ0) is 14.2. The number of aromatic nitrogens is 1. The molecule has 0 bridgehead atoms. The average molecular weight is 370 g/mol. The summed E-state index contributed by atoms with van der Waals surface area (Å²) in [5.41, 5.74) is 5.95. The van der Waals surface area contributed by atoms with Crippen molar-refractivity contribution in [3.63, 3.8) is 0 Å². The zero-order valence-electron chi connectivity index (χ0n) is 12.0. The molecule has 0 aliphatic heterocycles. The van der Waals surface area contributed by atoms with E-state index in [1.165, 1.54) is 22.3 Å². The lowest BCUT2D eigenvalue weighted by molar-refractivity contribution is 0.309. The van der Waals surface area contributed by atoms with Crippen molar-refractivity contribution in [1.82, 2.24) is 10.1 Å². The van der Waals surface area contributed by atoms with Crippen LogP contribution in [0.4, 0.5) is 0 Å². The Morgan fingerprint density at radius 3 is 2.26 bits per heavy atom. The van der Waals surface area contributed by atoms with Gasteiger partial charge in [0.05, 0.1) is 10.1 Å². The van der Waals surface area contributed by atoms with Crippen molar-refractivity contribution in [2.45, 2.75) is 27.3 Å². The maximum atomic E-state index is 5.50. The molecule has 0 amide bonds. The zero-order valence-corrected chi connectivity index (χ0v) is 14.2. The van der Waals surface area contributed by atoms with Gasteiger partial charge in [0, 0.05) is 5.56 Å². The number of halogens is 1. The quantitative estimate of drug-likeness (QED) is 0.767. The van der Waals surface area contributed by atoms with Crippen molar-refractivity contribution in [3.05, 3.63) is 38.2 Å². The number of rotatable bonds is 3. The van der Waals surface area contributed by atoms with Crippen molar-refractivity contribution in [2.75, 3.05) is 14.1 Å². The molecular weight excluding hydrogens is 351 g/mol. The molecule has 0 spiro atoms. The fraction of sp³-hybridized carbons (Fsp3) is 0.400. The predicted molar refractivity (Wildman–Crippen MR) is 86.3 cm³/mol. The molecule has 102 valence electrons.